The van der Waals surface area contributed by atoms with E-state index in [2.05, 4.69) is 35.7 Å². The molecule has 1 atom stereocenters. The fourth-order valence-corrected chi connectivity index (χ4v) is 3.67. The number of rotatable bonds is 3. The van der Waals surface area contributed by atoms with E-state index in [1.54, 1.807) is 16.9 Å². The smallest absolute Gasteiger partial charge is 0.257 e. The lowest BCUT2D eigenvalue weighted by Crippen LogP contribution is -2.52. The summed E-state index contributed by atoms with van der Waals surface area (Å²) in [6.45, 7) is 9.70. The zero-order chi connectivity index (χ0) is 18.3. The molecule has 0 aliphatic carbocycles. The molecule has 2 aliphatic heterocycles. The van der Waals surface area contributed by atoms with Crippen molar-refractivity contribution in [1.82, 2.24) is 14.7 Å². The monoisotopic (exact) mass is 359 g/mol. The second-order valence-corrected chi connectivity index (χ2v) is 7.66. The van der Waals surface area contributed by atoms with Crippen LogP contribution in [0, 0.1) is 0 Å². The summed E-state index contributed by atoms with van der Waals surface area (Å²) in [7, 11) is 0. The van der Waals surface area contributed by atoms with Crippen molar-refractivity contribution in [2.75, 3.05) is 29.6 Å². The molecule has 0 aromatic carbocycles. The van der Waals surface area contributed by atoms with Crippen LogP contribution in [0.3, 0.4) is 0 Å². The van der Waals surface area contributed by atoms with E-state index in [1.807, 2.05) is 6.07 Å². The molecule has 1 unspecified atom stereocenters. The fourth-order valence-electron chi connectivity index (χ4n) is 3.67. The molecule has 4 heterocycles. The average molecular weight is 359 g/mol. The molecule has 1 saturated heterocycles. The van der Waals surface area contributed by atoms with Crippen molar-refractivity contribution in [3.05, 3.63) is 34.4 Å². The Morgan fingerprint density at radius 2 is 2.19 bits per heavy atom. The number of ether oxygens (including phenoxy) is 1. The first-order valence-electron chi connectivity index (χ1n) is 9.09. The quantitative estimate of drug-likeness (QED) is 0.824. The van der Waals surface area contributed by atoms with Crippen LogP contribution in [0.4, 0.5) is 11.8 Å². The van der Waals surface area contributed by atoms with Gasteiger partial charge in [-0.25, -0.2) is 0 Å². The topological polar surface area (TPSA) is 76.6 Å². The van der Waals surface area contributed by atoms with Gasteiger partial charge < -0.3 is 19.1 Å². The van der Waals surface area contributed by atoms with E-state index in [0.29, 0.717) is 32.3 Å². The highest BCUT2D eigenvalue weighted by atomic mass is 16.5. The van der Waals surface area contributed by atoms with Crippen LogP contribution in [-0.4, -0.2) is 46.0 Å². The predicted octanol–water partition coefficient (Wildman–Crippen LogP) is 1.65. The average Bonchev–Trinajstić information content (AvgIpc) is 3.11. The van der Waals surface area contributed by atoms with E-state index in [9.17, 15) is 4.79 Å². The third kappa shape index (κ3) is 2.98. The highest BCUT2D eigenvalue weighted by molar-refractivity contribution is 5.48. The second kappa shape index (κ2) is 6.42. The lowest BCUT2D eigenvalue weighted by molar-refractivity contribution is 0.0985. The van der Waals surface area contributed by atoms with Gasteiger partial charge in [0.05, 0.1) is 25.8 Å². The molecule has 0 amide bonds. The maximum Gasteiger partial charge on any atom is 0.257 e. The van der Waals surface area contributed by atoms with Crippen LogP contribution in [0.1, 0.15) is 32.9 Å². The van der Waals surface area contributed by atoms with Crippen LogP contribution in [0.2, 0.25) is 0 Å². The molecule has 0 saturated carbocycles. The van der Waals surface area contributed by atoms with E-state index in [4.69, 9.17) is 14.2 Å². The summed E-state index contributed by atoms with van der Waals surface area (Å²) in [6, 6.07) is 3.69. The van der Waals surface area contributed by atoms with Crippen LogP contribution < -0.4 is 15.4 Å². The van der Waals surface area contributed by atoms with Gasteiger partial charge in [0.1, 0.15) is 17.8 Å². The number of aromatic nitrogens is 3. The zero-order valence-electron chi connectivity index (χ0n) is 15.5. The molecule has 26 heavy (non-hydrogen) atoms. The number of nitrogens with zero attached hydrogens (tertiary/aromatic N) is 5. The Labute approximate surface area is 152 Å². The first-order valence-corrected chi connectivity index (χ1v) is 9.09. The van der Waals surface area contributed by atoms with Gasteiger partial charge in [-0.05, 0) is 27.2 Å². The lowest BCUT2D eigenvalue weighted by Gasteiger charge is -2.44. The molecule has 4 rings (SSSR count). The molecule has 0 N–H and O–H groups in total. The Morgan fingerprint density at radius 1 is 1.35 bits per heavy atom. The Bertz CT molecular complexity index is 830. The van der Waals surface area contributed by atoms with Crippen molar-refractivity contribution >= 4 is 11.8 Å². The lowest BCUT2D eigenvalue weighted by atomic mass is 9.96. The Morgan fingerprint density at radius 3 is 2.92 bits per heavy atom. The van der Waals surface area contributed by atoms with Gasteiger partial charge in [-0.2, -0.15) is 4.98 Å². The highest BCUT2D eigenvalue weighted by Crippen LogP contribution is 2.33. The molecular formula is C18H25N5O3. The van der Waals surface area contributed by atoms with Crippen LogP contribution in [0.15, 0.2) is 27.7 Å². The van der Waals surface area contributed by atoms with Gasteiger partial charge >= 0.3 is 0 Å². The maximum absolute atomic E-state index is 12.8. The van der Waals surface area contributed by atoms with Crippen molar-refractivity contribution in [2.24, 2.45) is 0 Å². The molecule has 1 fully saturated rings. The number of fused-ring (bicyclic) bond motifs is 1. The van der Waals surface area contributed by atoms with E-state index < -0.39 is 0 Å². The van der Waals surface area contributed by atoms with E-state index in [-0.39, 0.29) is 17.1 Å². The largest absolute Gasteiger partial charge is 0.377 e. The van der Waals surface area contributed by atoms with Crippen molar-refractivity contribution in [2.45, 2.75) is 51.9 Å². The van der Waals surface area contributed by atoms with Crippen molar-refractivity contribution in [3.63, 3.8) is 0 Å². The van der Waals surface area contributed by atoms with Gasteiger partial charge in [0.15, 0.2) is 0 Å². The van der Waals surface area contributed by atoms with Gasteiger partial charge in [0.25, 0.3) is 5.56 Å². The van der Waals surface area contributed by atoms with Crippen LogP contribution in [0.25, 0.3) is 0 Å². The summed E-state index contributed by atoms with van der Waals surface area (Å²) in [5.74, 6) is 1.42. The minimum absolute atomic E-state index is 0.00987. The van der Waals surface area contributed by atoms with Crippen LogP contribution >= 0.6 is 0 Å². The van der Waals surface area contributed by atoms with Gasteiger partial charge in [-0.3, -0.25) is 9.36 Å². The first-order chi connectivity index (χ1) is 12.5. The van der Waals surface area contributed by atoms with Gasteiger partial charge in [0, 0.05) is 30.8 Å². The molecular weight excluding hydrogens is 334 g/mol. The molecule has 2 aliphatic rings. The number of anilines is 2. The standard InChI is InChI=1S/C18H25N5O3/c1-13-12-25-9-7-21(13)15-10-16(24)22-6-5-18(2,3)23(17(22)19-15)11-14-4-8-26-20-14/h4,8,10,13H,5-7,9,11-12H2,1-3H3. The highest BCUT2D eigenvalue weighted by Gasteiger charge is 2.36. The van der Waals surface area contributed by atoms with Crippen molar-refractivity contribution < 1.29 is 9.26 Å². The van der Waals surface area contributed by atoms with Crippen LogP contribution in [0.5, 0.6) is 0 Å². The first kappa shape index (κ1) is 17.1. The predicted molar refractivity (Wildman–Crippen MR) is 97.5 cm³/mol. The van der Waals surface area contributed by atoms with E-state index in [0.717, 1.165) is 24.5 Å². The van der Waals surface area contributed by atoms with Gasteiger partial charge in [0.2, 0.25) is 5.95 Å². The summed E-state index contributed by atoms with van der Waals surface area (Å²) in [4.78, 5) is 22.0. The summed E-state index contributed by atoms with van der Waals surface area (Å²) in [5, 5.41) is 4.04. The molecule has 0 spiro atoms. The summed E-state index contributed by atoms with van der Waals surface area (Å²) < 4.78 is 12.3. The van der Waals surface area contributed by atoms with Gasteiger partial charge in [-0.15, -0.1) is 0 Å². The third-order valence-corrected chi connectivity index (χ3v) is 5.37. The minimum atomic E-state index is -0.131. The fraction of sp³-hybridized carbons (Fsp3) is 0.611. The maximum atomic E-state index is 12.8. The Hall–Kier alpha value is -2.35. The third-order valence-electron chi connectivity index (χ3n) is 5.37. The number of morpholine rings is 1. The van der Waals surface area contributed by atoms with Gasteiger partial charge in [-0.1, -0.05) is 5.16 Å². The number of hydrogen-bond acceptors (Lipinski definition) is 7. The molecule has 2 aromatic rings. The Balaban J connectivity index is 1.77. The summed E-state index contributed by atoms with van der Waals surface area (Å²) >= 11 is 0. The summed E-state index contributed by atoms with van der Waals surface area (Å²) in [6.07, 6.45) is 2.44. The molecule has 2 aromatic heterocycles. The molecule has 0 radical (unpaired) electrons. The summed E-state index contributed by atoms with van der Waals surface area (Å²) in [5.41, 5.74) is 0.684. The van der Waals surface area contributed by atoms with E-state index in [1.165, 1.54) is 0 Å². The van der Waals surface area contributed by atoms with E-state index >= 15 is 0 Å². The second-order valence-electron chi connectivity index (χ2n) is 7.66. The molecule has 8 nitrogen and oxygen atoms in total. The Kier molecular flexibility index (Phi) is 4.22. The molecule has 140 valence electrons. The normalized spacial score (nSPS) is 22.3. The van der Waals surface area contributed by atoms with Crippen LogP contribution in [-0.2, 0) is 17.8 Å². The zero-order valence-corrected chi connectivity index (χ0v) is 15.5. The molecule has 8 heteroatoms. The minimum Gasteiger partial charge on any atom is -0.377 e. The van der Waals surface area contributed by atoms with Crippen molar-refractivity contribution in [1.29, 1.82) is 0 Å². The van der Waals surface area contributed by atoms with Crippen molar-refractivity contribution in [3.8, 4) is 0 Å². The molecule has 0 bridgehead atoms. The SMILES string of the molecule is CC1COCCN1c1cc(=O)n2c(n1)N(Cc1ccon1)C(C)(C)CC2. The number of hydrogen-bond donors (Lipinski definition) is 0.